The first-order valence-corrected chi connectivity index (χ1v) is 9.27. The fraction of sp³-hybridized carbons (Fsp3) is 0.333. The maximum Gasteiger partial charge on any atom is 0.166 e. The van der Waals surface area contributed by atoms with Crippen molar-refractivity contribution in [3.8, 4) is 0 Å². The number of aromatic nitrogens is 1. The minimum Gasteiger partial charge on any atom is -0.357 e. The third-order valence-electron chi connectivity index (χ3n) is 5.73. The van der Waals surface area contributed by atoms with Crippen LogP contribution in [0.2, 0.25) is 0 Å². The summed E-state index contributed by atoms with van der Waals surface area (Å²) in [6, 6.07) is 17.6. The molecule has 3 aliphatic rings. The second-order valence-electron chi connectivity index (χ2n) is 7.45. The van der Waals surface area contributed by atoms with Crippen LogP contribution in [0.1, 0.15) is 30.3 Å². The molecule has 2 aromatic carbocycles. The van der Waals surface area contributed by atoms with E-state index in [0.29, 0.717) is 0 Å². The highest BCUT2D eigenvalue weighted by atomic mass is 16.7. The monoisotopic (exact) mass is 331 g/mol. The minimum absolute atomic E-state index is 0.0441. The van der Waals surface area contributed by atoms with Crippen LogP contribution in [0.3, 0.4) is 0 Å². The van der Waals surface area contributed by atoms with Crippen molar-refractivity contribution < 1.29 is 4.84 Å². The molecule has 1 aliphatic carbocycles. The molecule has 0 saturated heterocycles. The molecule has 0 spiro atoms. The third kappa shape index (κ3) is 2.04. The van der Waals surface area contributed by atoms with Gasteiger partial charge < -0.3 is 9.88 Å². The summed E-state index contributed by atoms with van der Waals surface area (Å²) in [6.45, 7) is 1.86. The minimum atomic E-state index is 0.0441. The number of hydroxylamine groups is 1. The molecule has 126 valence electrons. The van der Waals surface area contributed by atoms with E-state index in [1.54, 1.807) is 0 Å². The van der Waals surface area contributed by atoms with Crippen molar-refractivity contribution in [3.05, 3.63) is 59.8 Å². The van der Waals surface area contributed by atoms with Gasteiger partial charge in [0.2, 0.25) is 0 Å². The van der Waals surface area contributed by atoms with Crippen molar-refractivity contribution in [2.24, 2.45) is 5.92 Å². The molecule has 1 fully saturated rings. The number of benzene rings is 2. The van der Waals surface area contributed by atoms with E-state index >= 15 is 0 Å². The normalized spacial score (nSPS) is 21.4. The Kier molecular flexibility index (Phi) is 2.77. The summed E-state index contributed by atoms with van der Waals surface area (Å²) in [5.74, 6) is 0.830. The van der Waals surface area contributed by atoms with Gasteiger partial charge in [-0.25, -0.2) is 5.06 Å². The molecule has 3 aromatic rings. The van der Waals surface area contributed by atoms with Crippen LogP contribution in [0.15, 0.2) is 48.5 Å². The van der Waals surface area contributed by atoms with Gasteiger partial charge in [-0.05, 0) is 42.5 Å². The molecule has 1 aromatic heterocycles. The number of hydrogen-bond acceptors (Lipinski definition) is 3. The third-order valence-corrected chi connectivity index (χ3v) is 5.73. The van der Waals surface area contributed by atoms with E-state index < -0.39 is 0 Å². The highest BCUT2D eigenvalue weighted by molar-refractivity contribution is 5.84. The molecule has 2 aliphatic heterocycles. The quantitative estimate of drug-likeness (QED) is 0.768. The van der Waals surface area contributed by atoms with Crippen molar-refractivity contribution >= 4 is 22.3 Å². The van der Waals surface area contributed by atoms with Crippen LogP contribution < -0.4 is 10.4 Å². The summed E-state index contributed by atoms with van der Waals surface area (Å²) < 4.78 is 2.51. The van der Waals surface area contributed by atoms with Gasteiger partial charge in [0, 0.05) is 23.9 Å². The molecule has 0 radical (unpaired) electrons. The van der Waals surface area contributed by atoms with Gasteiger partial charge in [0.15, 0.2) is 6.17 Å². The van der Waals surface area contributed by atoms with Gasteiger partial charge in [-0.15, -0.1) is 0 Å². The van der Waals surface area contributed by atoms with Crippen molar-refractivity contribution in [3.63, 3.8) is 0 Å². The molecular weight excluding hydrogens is 310 g/mol. The Morgan fingerprint density at radius 2 is 2.00 bits per heavy atom. The summed E-state index contributed by atoms with van der Waals surface area (Å²) in [5, 5.41) is 7.12. The Hall–Kier alpha value is -2.46. The van der Waals surface area contributed by atoms with Gasteiger partial charge in [-0.2, -0.15) is 0 Å². The fourth-order valence-corrected chi connectivity index (χ4v) is 4.31. The van der Waals surface area contributed by atoms with Gasteiger partial charge in [-0.1, -0.05) is 30.3 Å². The molecular formula is C21H21N3O. The van der Waals surface area contributed by atoms with Gasteiger partial charge >= 0.3 is 0 Å². The van der Waals surface area contributed by atoms with E-state index in [1.165, 1.54) is 46.4 Å². The largest absolute Gasteiger partial charge is 0.357 e. The molecule has 0 bridgehead atoms. The zero-order valence-corrected chi connectivity index (χ0v) is 14.1. The molecule has 6 rings (SSSR count). The van der Waals surface area contributed by atoms with Gasteiger partial charge in [0.1, 0.15) is 0 Å². The van der Waals surface area contributed by atoms with E-state index in [-0.39, 0.29) is 6.17 Å². The lowest BCUT2D eigenvalue weighted by Gasteiger charge is -2.31. The Morgan fingerprint density at radius 3 is 2.92 bits per heavy atom. The second kappa shape index (κ2) is 5.02. The molecule has 4 heteroatoms. The van der Waals surface area contributed by atoms with Gasteiger partial charge in [0.25, 0.3) is 0 Å². The lowest BCUT2D eigenvalue weighted by Crippen LogP contribution is -2.33. The number of nitrogens with zero attached hydrogens (tertiary/aromatic N) is 2. The maximum atomic E-state index is 6.10. The first-order chi connectivity index (χ1) is 12.4. The number of rotatable bonds is 3. The summed E-state index contributed by atoms with van der Waals surface area (Å²) in [6.07, 6.45) is 3.74. The van der Waals surface area contributed by atoms with E-state index in [9.17, 15) is 0 Å². The number of nitrogens with one attached hydrogen (secondary N) is 1. The highest BCUT2D eigenvalue weighted by Crippen LogP contribution is 2.46. The highest BCUT2D eigenvalue weighted by Gasteiger charge is 2.37. The van der Waals surface area contributed by atoms with Crippen LogP contribution in [0.4, 0.5) is 11.4 Å². The number of anilines is 2. The lowest BCUT2D eigenvalue weighted by molar-refractivity contribution is 0.0872. The molecule has 3 heterocycles. The average Bonchev–Trinajstić information content (AvgIpc) is 3.29. The smallest absolute Gasteiger partial charge is 0.166 e. The maximum absolute atomic E-state index is 6.10. The number of fused-ring (bicyclic) bond motifs is 1. The molecule has 0 amide bonds. The molecule has 1 atom stereocenters. The van der Waals surface area contributed by atoms with Crippen LogP contribution in [0, 0.1) is 5.92 Å². The molecule has 1 unspecified atom stereocenters. The summed E-state index contributed by atoms with van der Waals surface area (Å²) in [5.41, 5.74) is 6.42. The van der Waals surface area contributed by atoms with Crippen molar-refractivity contribution in [2.75, 3.05) is 17.0 Å². The van der Waals surface area contributed by atoms with Crippen LogP contribution in [-0.2, 0) is 17.8 Å². The van der Waals surface area contributed by atoms with Crippen molar-refractivity contribution in [1.29, 1.82) is 0 Å². The summed E-state index contributed by atoms with van der Waals surface area (Å²) in [7, 11) is 0. The van der Waals surface area contributed by atoms with E-state index in [2.05, 4.69) is 63.5 Å². The lowest BCUT2D eigenvalue weighted by atomic mass is 10.1. The Labute approximate surface area is 147 Å². The topological polar surface area (TPSA) is 29.4 Å². The standard InChI is InChI=1S/C21H21N3O/c1-2-7-18-16(4-1)12-19(23(18)13-14-8-9-14)21-22-17-6-3-5-15-10-11-25-24(21)20(15)17/h1-7,12,14,21-22H,8-11,13H2. The van der Waals surface area contributed by atoms with Crippen LogP contribution in [0.5, 0.6) is 0 Å². The molecule has 4 nitrogen and oxygen atoms in total. The predicted molar refractivity (Wildman–Crippen MR) is 99.6 cm³/mol. The zero-order chi connectivity index (χ0) is 16.4. The fourth-order valence-electron chi connectivity index (χ4n) is 4.31. The predicted octanol–water partition coefficient (Wildman–Crippen LogP) is 4.47. The van der Waals surface area contributed by atoms with Crippen molar-refractivity contribution in [1.82, 2.24) is 4.57 Å². The Balaban J connectivity index is 1.50. The Morgan fingerprint density at radius 1 is 1.08 bits per heavy atom. The first-order valence-electron chi connectivity index (χ1n) is 9.27. The molecule has 1 N–H and O–H groups in total. The van der Waals surface area contributed by atoms with Gasteiger partial charge in [-0.3, -0.25) is 4.84 Å². The van der Waals surface area contributed by atoms with Gasteiger partial charge in [0.05, 0.1) is 23.7 Å². The average molecular weight is 331 g/mol. The van der Waals surface area contributed by atoms with E-state index in [4.69, 9.17) is 4.84 Å². The SMILES string of the molecule is c1cc2c3c(c1)NC(c1cc4ccccc4n1CC1CC1)N3OCC2. The molecule has 25 heavy (non-hydrogen) atoms. The second-order valence-corrected chi connectivity index (χ2v) is 7.45. The summed E-state index contributed by atoms with van der Waals surface area (Å²) in [4.78, 5) is 6.10. The zero-order valence-electron chi connectivity index (χ0n) is 14.1. The van der Waals surface area contributed by atoms with Crippen LogP contribution in [-0.4, -0.2) is 11.2 Å². The summed E-state index contributed by atoms with van der Waals surface area (Å²) >= 11 is 0. The van der Waals surface area contributed by atoms with Crippen LogP contribution in [0.25, 0.3) is 10.9 Å². The van der Waals surface area contributed by atoms with Crippen molar-refractivity contribution in [2.45, 2.75) is 32.0 Å². The number of hydrogen-bond donors (Lipinski definition) is 1. The number of para-hydroxylation sites is 2. The first kappa shape index (κ1) is 13.8. The van der Waals surface area contributed by atoms with Crippen LogP contribution >= 0.6 is 0 Å². The molecule has 1 saturated carbocycles. The van der Waals surface area contributed by atoms with E-state index in [0.717, 1.165) is 25.5 Å². The van der Waals surface area contributed by atoms with E-state index in [1.807, 2.05) is 0 Å². The Bertz CT molecular complexity index is 972.